The van der Waals surface area contributed by atoms with Gasteiger partial charge in [-0.2, -0.15) is 11.8 Å². The molecule has 3 aromatic rings. The largest absolute Gasteiger partial charge is 0.453 e. The summed E-state index contributed by atoms with van der Waals surface area (Å²) in [6.45, 7) is 5.35. The van der Waals surface area contributed by atoms with Crippen molar-refractivity contribution in [1.29, 1.82) is 0 Å². The van der Waals surface area contributed by atoms with Crippen LogP contribution < -0.4 is 5.32 Å². The molecule has 1 amide bonds. The number of aliphatic hydroxyl groups is 2. The number of nitrogens with one attached hydrogen (secondary N) is 1. The maximum absolute atomic E-state index is 12.3. The first-order valence-corrected chi connectivity index (χ1v) is 15.3. The molecule has 0 spiro atoms. The zero-order valence-electron chi connectivity index (χ0n) is 24.2. The number of ether oxygens (including phenoxy) is 3. The lowest BCUT2D eigenvalue weighted by Gasteiger charge is -2.41. The van der Waals surface area contributed by atoms with Gasteiger partial charge in [0.2, 0.25) is 0 Å². The van der Waals surface area contributed by atoms with Gasteiger partial charge in [0.15, 0.2) is 12.4 Å². The van der Waals surface area contributed by atoms with Crippen molar-refractivity contribution in [2.75, 3.05) is 18.1 Å². The fourth-order valence-corrected chi connectivity index (χ4v) is 5.85. The summed E-state index contributed by atoms with van der Waals surface area (Å²) in [5.41, 5.74) is 5.63. The summed E-state index contributed by atoms with van der Waals surface area (Å²) < 4.78 is 18.0. The van der Waals surface area contributed by atoms with Crippen molar-refractivity contribution in [3.63, 3.8) is 0 Å². The molecule has 42 heavy (non-hydrogen) atoms. The summed E-state index contributed by atoms with van der Waals surface area (Å²) in [6, 6.07) is 23.8. The maximum atomic E-state index is 12.3. The molecule has 1 aliphatic heterocycles. The van der Waals surface area contributed by atoms with E-state index in [9.17, 15) is 19.8 Å². The van der Waals surface area contributed by atoms with Gasteiger partial charge in [-0.1, -0.05) is 67.6 Å². The monoisotopic (exact) mass is 593 g/mol. The molecule has 0 saturated carbocycles. The predicted molar refractivity (Wildman–Crippen MR) is 162 cm³/mol. The molecular weight excluding hydrogens is 554 g/mol. The van der Waals surface area contributed by atoms with E-state index in [0.29, 0.717) is 12.3 Å². The van der Waals surface area contributed by atoms with Gasteiger partial charge in [-0.05, 0) is 46.9 Å². The van der Waals surface area contributed by atoms with E-state index in [-0.39, 0.29) is 37.2 Å². The normalized spacial score (nSPS) is 21.0. The SMILES string of the molecule is CC(=O)OC(C)C(=O)NCc1cccc(-c2cccc(C3OC(CSCCO)C(C)C(c4ccc(CO)cc4)O3)c2)c1. The number of hydrogen-bond donors (Lipinski definition) is 3. The second kappa shape index (κ2) is 15.3. The molecule has 3 N–H and O–H groups in total. The average molecular weight is 594 g/mol. The number of hydrogen-bond acceptors (Lipinski definition) is 8. The molecule has 5 unspecified atom stereocenters. The second-order valence-corrected chi connectivity index (χ2v) is 11.6. The van der Waals surface area contributed by atoms with E-state index >= 15 is 0 Å². The van der Waals surface area contributed by atoms with Crippen molar-refractivity contribution in [2.24, 2.45) is 5.92 Å². The lowest BCUT2D eigenvalue weighted by molar-refractivity contribution is -0.268. The molecule has 5 atom stereocenters. The minimum absolute atomic E-state index is 0.0126. The van der Waals surface area contributed by atoms with Crippen LogP contribution in [0.2, 0.25) is 0 Å². The highest BCUT2D eigenvalue weighted by Gasteiger charge is 2.38. The Bertz CT molecular complexity index is 1330. The Morgan fingerprint density at radius 2 is 1.67 bits per heavy atom. The summed E-state index contributed by atoms with van der Waals surface area (Å²) >= 11 is 1.66. The van der Waals surface area contributed by atoms with Gasteiger partial charge in [0.05, 0.1) is 25.4 Å². The highest BCUT2D eigenvalue weighted by Crippen LogP contribution is 2.43. The number of rotatable bonds is 12. The summed E-state index contributed by atoms with van der Waals surface area (Å²) in [5.74, 6) is 0.594. The Hall–Kier alpha value is -3.21. The Morgan fingerprint density at radius 3 is 2.36 bits per heavy atom. The summed E-state index contributed by atoms with van der Waals surface area (Å²) in [6.07, 6.45) is -1.74. The molecule has 1 saturated heterocycles. The Kier molecular flexibility index (Phi) is 11.6. The van der Waals surface area contributed by atoms with Crippen LogP contribution in [0.3, 0.4) is 0 Å². The van der Waals surface area contributed by atoms with Crippen LogP contribution in [0.4, 0.5) is 0 Å². The smallest absolute Gasteiger partial charge is 0.303 e. The van der Waals surface area contributed by atoms with Crippen LogP contribution in [-0.4, -0.2) is 52.4 Å². The van der Waals surface area contributed by atoms with Gasteiger partial charge in [-0.15, -0.1) is 0 Å². The van der Waals surface area contributed by atoms with Crippen molar-refractivity contribution in [3.05, 3.63) is 95.1 Å². The van der Waals surface area contributed by atoms with Gasteiger partial charge in [-0.3, -0.25) is 9.59 Å². The lowest BCUT2D eigenvalue weighted by atomic mass is 9.91. The quantitative estimate of drug-likeness (QED) is 0.200. The van der Waals surface area contributed by atoms with Gasteiger partial charge >= 0.3 is 5.97 Å². The number of carbonyl (C=O) groups excluding carboxylic acids is 2. The predicted octanol–water partition coefficient (Wildman–Crippen LogP) is 4.93. The minimum Gasteiger partial charge on any atom is -0.453 e. The van der Waals surface area contributed by atoms with Gasteiger partial charge in [0.25, 0.3) is 5.91 Å². The fourth-order valence-electron chi connectivity index (χ4n) is 4.93. The van der Waals surface area contributed by atoms with Crippen molar-refractivity contribution in [3.8, 4) is 11.1 Å². The molecule has 0 bridgehead atoms. The van der Waals surface area contributed by atoms with Crippen LogP contribution in [0.1, 0.15) is 55.4 Å². The number of benzene rings is 3. The number of aliphatic hydroxyl groups excluding tert-OH is 2. The van der Waals surface area contributed by atoms with Gasteiger partial charge in [-0.25, -0.2) is 0 Å². The molecule has 1 fully saturated rings. The van der Waals surface area contributed by atoms with Crippen LogP contribution in [0.5, 0.6) is 0 Å². The van der Waals surface area contributed by atoms with E-state index < -0.39 is 18.4 Å². The van der Waals surface area contributed by atoms with E-state index in [2.05, 4.69) is 18.3 Å². The van der Waals surface area contributed by atoms with Crippen molar-refractivity contribution < 1.29 is 34.0 Å². The third-order valence-electron chi connectivity index (χ3n) is 7.24. The zero-order valence-corrected chi connectivity index (χ0v) is 25.0. The van der Waals surface area contributed by atoms with Crippen molar-refractivity contribution in [2.45, 2.75) is 58.5 Å². The summed E-state index contributed by atoms with van der Waals surface area (Å²) in [5, 5.41) is 21.6. The molecule has 9 heteroatoms. The van der Waals surface area contributed by atoms with E-state index in [0.717, 1.165) is 39.1 Å². The average Bonchev–Trinajstić information content (AvgIpc) is 3.00. The molecule has 3 aromatic carbocycles. The Balaban J connectivity index is 1.53. The summed E-state index contributed by atoms with van der Waals surface area (Å²) in [7, 11) is 0. The van der Waals surface area contributed by atoms with Gasteiger partial charge < -0.3 is 29.7 Å². The Morgan fingerprint density at radius 1 is 0.952 bits per heavy atom. The third kappa shape index (κ3) is 8.42. The molecule has 0 aliphatic carbocycles. The molecule has 224 valence electrons. The number of esters is 1. The fraction of sp³-hybridized carbons (Fsp3) is 0.394. The first kappa shape index (κ1) is 31.7. The lowest BCUT2D eigenvalue weighted by Crippen LogP contribution is -2.38. The van der Waals surface area contributed by atoms with Gasteiger partial charge in [0.1, 0.15) is 0 Å². The molecule has 0 aromatic heterocycles. The molecule has 1 aliphatic rings. The molecule has 1 heterocycles. The maximum Gasteiger partial charge on any atom is 0.303 e. The van der Waals surface area contributed by atoms with Crippen LogP contribution in [-0.2, 0) is 37.0 Å². The van der Waals surface area contributed by atoms with Gasteiger partial charge in [0, 0.05) is 36.5 Å². The highest BCUT2D eigenvalue weighted by molar-refractivity contribution is 7.99. The standard InChI is InChI=1S/C33H39NO7S/c1-21-30(20-42-15-14-35)40-33(41-31(21)26-12-10-24(19-36)11-13-26)29-9-5-8-28(17-29)27-7-4-6-25(16-27)18-34-32(38)22(2)39-23(3)37/h4-13,16-17,21-22,30-31,33,35-36H,14-15,18-20H2,1-3H3,(H,34,38). The van der Waals surface area contributed by atoms with Crippen LogP contribution in [0.15, 0.2) is 72.8 Å². The van der Waals surface area contributed by atoms with Crippen LogP contribution >= 0.6 is 11.8 Å². The molecular formula is C33H39NO7S. The molecule has 0 radical (unpaired) electrons. The van der Waals surface area contributed by atoms with Crippen molar-refractivity contribution in [1.82, 2.24) is 5.32 Å². The number of amides is 1. The topological polar surface area (TPSA) is 114 Å². The van der Waals surface area contributed by atoms with E-state index in [4.69, 9.17) is 14.2 Å². The molecule has 4 rings (SSSR count). The van der Waals surface area contributed by atoms with E-state index in [1.807, 2.05) is 66.7 Å². The second-order valence-electron chi connectivity index (χ2n) is 10.4. The zero-order chi connectivity index (χ0) is 30.1. The van der Waals surface area contributed by atoms with Crippen LogP contribution in [0.25, 0.3) is 11.1 Å². The first-order valence-electron chi connectivity index (χ1n) is 14.1. The van der Waals surface area contributed by atoms with E-state index in [1.165, 1.54) is 6.92 Å². The third-order valence-corrected chi connectivity index (χ3v) is 8.27. The van der Waals surface area contributed by atoms with E-state index in [1.54, 1.807) is 18.7 Å². The Labute approximate surface area is 251 Å². The number of carbonyl (C=O) groups is 2. The number of thioether (sulfide) groups is 1. The highest BCUT2D eigenvalue weighted by atomic mass is 32.2. The first-order chi connectivity index (χ1) is 20.3. The van der Waals surface area contributed by atoms with Crippen LogP contribution in [0, 0.1) is 5.92 Å². The summed E-state index contributed by atoms with van der Waals surface area (Å²) in [4.78, 5) is 23.4. The van der Waals surface area contributed by atoms with Crippen molar-refractivity contribution >= 4 is 23.6 Å². The molecule has 8 nitrogen and oxygen atoms in total. The minimum atomic E-state index is -0.858.